The van der Waals surface area contributed by atoms with Crippen LogP contribution in [0.5, 0.6) is 11.6 Å². The van der Waals surface area contributed by atoms with Gasteiger partial charge in [0.25, 0.3) is 0 Å². The van der Waals surface area contributed by atoms with Crippen LogP contribution in [-0.4, -0.2) is 38.5 Å². The number of aryl methyl sites for hydroxylation is 1. The van der Waals surface area contributed by atoms with E-state index < -0.39 is 0 Å². The van der Waals surface area contributed by atoms with Gasteiger partial charge >= 0.3 is 0 Å². The number of fused-ring (bicyclic) bond motifs is 2. The molecule has 0 unspecified atom stereocenters. The highest BCUT2D eigenvalue weighted by molar-refractivity contribution is 5.71. The van der Waals surface area contributed by atoms with Gasteiger partial charge in [-0.1, -0.05) is 6.42 Å². The van der Waals surface area contributed by atoms with Gasteiger partial charge in [0.15, 0.2) is 0 Å². The Morgan fingerprint density at radius 3 is 2.59 bits per heavy atom. The van der Waals surface area contributed by atoms with Crippen LogP contribution in [-0.2, 0) is 0 Å². The second-order valence-electron chi connectivity index (χ2n) is 7.97. The lowest BCUT2D eigenvalue weighted by molar-refractivity contribution is 0.0881. The summed E-state index contributed by atoms with van der Waals surface area (Å²) in [5.74, 6) is 1.84. The van der Waals surface area contributed by atoms with Crippen molar-refractivity contribution in [1.29, 1.82) is 0 Å². The van der Waals surface area contributed by atoms with Gasteiger partial charge in [0.2, 0.25) is 11.8 Å². The van der Waals surface area contributed by atoms with E-state index in [0.29, 0.717) is 40.7 Å². The highest BCUT2D eigenvalue weighted by atomic mass is 16.5. The largest absolute Gasteiger partial charge is 0.507 e. The van der Waals surface area contributed by atoms with Gasteiger partial charge in [0.05, 0.1) is 11.9 Å². The van der Waals surface area contributed by atoms with Crippen LogP contribution in [0.1, 0.15) is 37.9 Å². The van der Waals surface area contributed by atoms with Crippen LogP contribution in [0.15, 0.2) is 40.9 Å². The first kappa shape index (κ1) is 18.1. The SMILES string of the molecule is Cc1cnc(-c2ccc(-c3ccc(O[C@@H]4C[C@H]5CCC[C@@H](C4)N5)nn3)c(O)c2)o1. The molecule has 2 N–H and O–H groups in total. The highest BCUT2D eigenvalue weighted by Crippen LogP contribution is 2.33. The van der Waals surface area contributed by atoms with Crippen LogP contribution in [0.2, 0.25) is 0 Å². The molecule has 2 aliphatic rings. The number of rotatable bonds is 4. The minimum absolute atomic E-state index is 0.104. The van der Waals surface area contributed by atoms with Crippen molar-refractivity contribution in [2.75, 3.05) is 0 Å². The summed E-state index contributed by atoms with van der Waals surface area (Å²) >= 11 is 0. The number of aromatic hydroxyl groups is 1. The molecule has 0 spiro atoms. The Labute approximate surface area is 169 Å². The molecule has 0 radical (unpaired) electrons. The van der Waals surface area contributed by atoms with E-state index in [1.54, 1.807) is 18.3 Å². The maximum absolute atomic E-state index is 10.5. The van der Waals surface area contributed by atoms with E-state index in [2.05, 4.69) is 20.5 Å². The first-order valence-corrected chi connectivity index (χ1v) is 10.2. The Bertz CT molecular complexity index is 990. The van der Waals surface area contributed by atoms with Gasteiger partial charge in [0.1, 0.15) is 17.6 Å². The van der Waals surface area contributed by atoms with Crippen LogP contribution in [0.3, 0.4) is 0 Å². The zero-order chi connectivity index (χ0) is 19.8. The molecule has 0 amide bonds. The molecule has 2 aromatic heterocycles. The summed E-state index contributed by atoms with van der Waals surface area (Å²) < 4.78 is 11.6. The van der Waals surface area contributed by atoms with Gasteiger partial charge in [-0.25, -0.2) is 4.98 Å². The number of phenolic OH excluding ortho intramolecular Hbond substituents is 1. The molecule has 2 fully saturated rings. The topological polar surface area (TPSA) is 93.3 Å². The lowest BCUT2D eigenvalue weighted by Gasteiger charge is -2.39. The summed E-state index contributed by atoms with van der Waals surface area (Å²) in [5, 5.41) is 22.6. The lowest BCUT2D eigenvalue weighted by atomic mass is 9.85. The summed E-state index contributed by atoms with van der Waals surface area (Å²) in [4.78, 5) is 4.19. The molecule has 5 rings (SSSR count). The van der Waals surface area contributed by atoms with E-state index in [9.17, 15) is 5.11 Å². The second kappa shape index (κ2) is 7.48. The third kappa shape index (κ3) is 3.82. The lowest BCUT2D eigenvalue weighted by Crippen LogP contribution is -2.51. The fourth-order valence-electron chi connectivity index (χ4n) is 4.38. The van der Waals surface area contributed by atoms with Crippen molar-refractivity contribution in [3.05, 3.63) is 42.3 Å². The Hall–Kier alpha value is -2.93. The van der Waals surface area contributed by atoms with Crippen LogP contribution in [0.25, 0.3) is 22.7 Å². The summed E-state index contributed by atoms with van der Waals surface area (Å²) in [7, 11) is 0. The first-order chi connectivity index (χ1) is 14.1. The normalized spacial score (nSPS) is 23.7. The number of aromatic nitrogens is 3. The Morgan fingerprint density at radius 1 is 1.10 bits per heavy atom. The number of oxazole rings is 1. The number of nitrogens with zero attached hydrogens (tertiary/aromatic N) is 3. The van der Waals surface area contributed by atoms with Crippen molar-refractivity contribution in [3.8, 4) is 34.3 Å². The smallest absolute Gasteiger partial charge is 0.233 e. The number of piperidine rings is 2. The van der Waals surface area contributed by atoms with Crippen molar-refractivity contribution < 1.29 is 14.3 Å². The van der Waals surface area contributed by atoms with Gasteiger partial charge in [-0.3, -0.25) is 0 Å². The molecule has 2 bridgehead atoms. The summed E-state index contributed by atoms with van der Waals surface area (Å²) in [6.07, 6.45) is 7.63. The maximum atomic E-state index is 10.5. The Balaban J connectivity index is 1.30. The molecular weight excluding hydrogens is 368 g/mol. The zero-order valence-corrected chi connectivity index (χ0v) is 16.3. The Morgan fingerprint density at radius 2 is 1.93 bits per heavy atom. The number of benzene rings is 1. The van der Waals surface area contributed by atoms with Crippen molar-refractivity contribution in [2.45, 2.75) is 57.2 Å². The van der Waals surface area contributed by atoms with E-state index in [0.717, 1.165) is 18.6 Å². The van der Waals surface area contributed by atoms with E-state index in [-0.39, 0.29) is 11.9 Å². The van der Waals surface area contributed by atoms with E-state index in [1.165, 1.54) is 19.3 Å². The van der Waals surface area contributed by atoms with Gasteiger partial charge in [-0.15, -0.1) is 10.2 Å². The van der Waals surface area contributed by atoms with Crippen LogP contribution in [0, 0.1) is 6.92 Å². The third-order valence-electron chi connectivity index (χ3n) is 5.74. The van der Waals surface area contributed by atoms with Gasteiger partial charge in [0, 0.05) is 29.3 Å². The standard InChI is InChI=1S/C22H24N4O3/c1-13-12-23-22(28-13)14-5-6-18(20(27)9-14)19-7-8-21(26-25-19)29-17-10-15-3-2-4-16(11-17)24-15/h5-9,12,15-17,24,27H,2-4,10-11H2,1H3/t15-,16+,17-. The predicted octanol–water partition coefficient (Wildman–Crippen LogP) is 3.86. The van der Waals surface area contributed by atoms with E-state index >= 15 is 0 Å². The average Bonchev–Trinajstić information content (AvgIpc) is 3.15. The first-order valence-electron chi connectivity index (χ1n) is 10.2. The fraction of sp³-hybridized carbons (Fsp3) is 0.409. The van der Waals surface area contributed by atoms with E-state index in [1.807, 2.05) is 25.1 Å². The molecule has 3 atom stereocenters. The molecule has 2 saturated heterocycles. The molecule has 150 valence electrons. The minimum Gasteiger partial charge on any atom is -0.507 e. The van der Waals surface area contributed by atoms with Crippen molar-refractivity contribution in [3.63, 3.8) is 0 Å². The summed E-state index contributed by atoms with van der Waals surface area (Å²) in [5.41, 5.74) is 1.91. The molecule has 7 nitrogen and oxygen atoms in total. The van der Waals surface area contributed by atoms with Gasteiger partial charge < -0.3 is 19.6 Å². The van der Waals surface area contributed by atoms with Gasteiger partial charge in [-0.05, 0) is 56.9 Å². The molecular formula is C22H24N4O3. The molecule has 7 heteroatoms. The molecule has 29 heavy (non-hydrogen) atoms. The highest BCUT2D eigenvalue weighted by Gasteiger charge is 2.32. The number of ether oxygens (including phenoxy) is 1. The molecule has 2 aliphatic heterocycles. The quantitative estimate of drug-likeness (QED) is 0.696. The minimum atomic E-state index is 0.104. The monoisotopic (exact) mass is 392 g/mol. The average molecular weight is 392 g/mol. The fourth-order valence-corrected chi connectivity index (χ4v) is 4.38. The maximum Gasteiger partial charge on any atom is 0.233 e. The molecule has 1 aromatic carbocycles. The van der Waals surface area contributed by atoms with Crippen molar-refractivity contribution in [1.82, 2.24) is 20.5 Å². The van der Waals surface area contributed by atoms with Gasteiger partial charge in [-0.2, -0.15) is 0 Å². The number of hydrogen-bond acceptors (Lipinski definition) is 7. The third-order valence-corrected chi connectivity index (χ3v) is 5.74. The molecule has 4 heterocycles. The number of nitrogens with one attached hydrogen (secondary N) is 1. The number of phenols is 1. The molecule has 0 aliphatic carbocycles. The predicted molar refractivity (Wildman–Crippen MR) is 108 cm³/mol. The Kier molecular flexibility index (Phi) is 4.67. The summed E-state index contributed by atoms with van der Waals surface area (Å²) in [6.45, 7) is 1.83. The zero-order valence-electron chi connectivity index (χ0n) is 16.3. The van der Waals surface area contributed by atoms with E-state index in [4.69, 9.17) is 9.15 Å². The van der Waals surface area contributed by atoms with Crippen LogP contribution >= 0.6 is 0 Å². The van der Waals surface area contributed by atoms with Crippen molar-refractivity contribution in [2.24, 2.45) is 0 Å². The van der Waals surface area contributed by atoms with Crippen LogP contribution in [0.4, 0.5) is 0 Å². The second-order valence-corrected chi connectivity index (χ2v) is 7.97. The van der Waals surface area contributed by atoms with Crippen LogP contribution < -0.4 is 10.1 Å². The van der Waals surface area contributed by atoms with Crippen molar-refractivity contribution >= 4 is 0 Å². The molecule has 3 aromatic rings. The summed E-state index contributed by atoms with van der Waals surface area (Å²) in [6, 6.07) is 10.0. The number of hydrogen-bond donors (Lipinski definition) is 2. The molecule has 0 saturated carbocycles.